The molecule has 2 aromatic heterocycles. The number of nitrogens with one attached hydrogen (secondary N) is 1. The number of aryl methyl sites for hydroxylation is 1. The van der Waals surface area contributed by atoms with Crippen molar-refractivity contribution in [3.05, 3.63) is 87.3 Å². The summed E-state index contributed by atoms with van der Waals surface area (Å²) in [5, 5.41) is 7.18. The summed E-state index contributed by atoms with van der Waals surface area (Å²) in [5.74, 6) is -0.809. The van der Waals surface area contributed by atoms with Gasteiger partial charge in [0.05, 0.1) is 10.6 Å². The molecule has 0 aliphatic heterocycles. The molecular weight excluding hydrogens is 413 g/mol. The minimum atomic E-state index is -0.584. The second kappa shape index (κ2) is 8.14. The molecule has 5 nitrogen and oxygen atoms in total. The first-order chi connectivity index (χ1) is 14.0. The van der Waals surface area contributed by atoms with E-state index in [1.807, 2.05) is 30.3 Å². The van der Waals surface area contributed by atoms with Crippen LogP contribution in [-0.2, 0) is 6.42 Å². The number of amides is 1. The van der Waals surface area contributed by atoms with Gasteiger partial charge in [-0.25, -0.2) is 9.37 Å². The molecule has 0 fully saturated rings. The number of carbonyl (C=O) groups excluding carboxylic acids is 1. The maximum Gasteiger partial charge on any atom is 0.263 e. The second-order valence-corrected chi connectivity index (χ2v) is 7.83. The zero-order valence-electron chi connectivity index (χ0n) is 15.3. The van der Waals surface area contributed by atoms with Gasteiger partial charge in [0.1, 0.15) is 22.8 Å². The van der Waals surface area contributed by atoms with Gasteiger partial charge in [-0.2, -0.15) is 0 Å². The van der Waals surface area contributed by atoms with Gasteiger partial charge in [0.15, 0.2) is 5.13 Å². The van der Waals surface area contributed by atoms with E-state index in [4.69, 9.17) is 16.1 Å². The monoisotopic (exact) mass is 427 g/mol. The lowest BCUT2D eigenvalue weighted by atomic mass is 10.1. The average molecular weight is 428 g/mol. The van der Waals surface area contributed by atoms with Gasteiger partial charge in [-0.3, -0.25) is 10.1 Å². The van der Waals surface area contributed by atoms with Gasteiger partial charge in [-0.1, -0.05) is 53.2 Å². The Balaban J connectivity index is 1.58. The molecule has 0 aliphatic rings. The van der Waals surface area contributed by atoms with Crippen molar-refractivity contribution in [2.24, 2.45) is 0 Å². The van der Waals surface area contributed by atoms with Crippen molar-refractivity contribution in [2.45, 2.75) is 13.3 Å². The number of rotatable bonds is 5. The molecule has 0 saturated heterocycles. The molecule has 146 valence electrons. The molecule has 29 heavy (non-hydrogen) atoms. The van der Waals surface area contributed by atoms with Gasteiger partial charge >= 0.3 is 0 Å². The SMILES string of the molecule is Cc1onc(-c2c(F)cccc2Cl)c1C(=O)Nc1ncc(Cc2ccccc2)s1. The van der Waals surface area contributed by atoms with Crippen molar-refractivity contribution in [3.8, 4) is 11.3 Å². The number of halogens is 2. The summed E-state index contributed by atoms with van der Waals surface area (Å²) >= 11 is 7.50. The summed E-state index contributed by atoms with van der Waals surface area (Å²) in [5.41, 5.74) is 1.36. The van der Waals surface area contributed by atoms with Crippen LogP contribution in [0.3, 0.4) is 0 Å². The molecule has 0 saturated carbocycles. The van der Waals surface area contributed by atoms with Gasteiger partial charge in [0.2, 0.25) is 0 Å². The van der Waals surface area contributed by atoms with Gasteiger partial charge in [0, 0.05) is 17.5 Å². The molecule has 4 rings (SSSR count). The molecule has 4 aromatic rings. The number of thiazole rings is 1. The third-order valence-electron chi connectivity index (χ3n) is 4.28. The molecule has 8 heteroatoms. The molecule has 1 amide bonds. The van der Waals surface area contributed by atoms with Crippen LogP contribution in [0.5, 0.6) is 0 Å². The van der Waals surface area contributed by atoms with Crippen LogP contribution < -0.4 is 5.32 Å². The van der Waals surface area contributed by atoms with E-state index in [2.05, 4.69) is 15.5 Å². The van der Waals surface area contributed by atoms with Crippen LogP contribution in [0, 0.1) is 12.7 Å². The standard InChI is InChI=1S/C21H15ClFN3O2S/c1-12-17(19(26-28-12)18-15(22)8-5-9-16(18)23)20(27)25-21-24-11-14(29-21)10-13-6-3-2-4-7-13/h2-9,11H,10H2,1H3,(H,24,25,27). The van der Waals surface area contributed by atoms with E-state index < -0.39 is 11.7 Å². The van der Waals surface area contributed by atoms with E-state index in [1.165, 1.54) is 29.5 Å². The summed E-state index contributed by atoms with van der Waals surface area (Å²) in [4.78, 5) is 18.1. The zero-order chi connectivity index (χ0) is 20.4. The predicted octanol–water partition coefficient (Wildman–Crippen LogP) is 5.74. The maximum absolute atomic E-state index is 14.3. The highest BCUT2D eigenvalue weighted by molar-refractivity contribution is 7.15. The van der Waals surface area contributed by atoms with Crippen molar-refractivity contribution in [1.82, 2.24) is 10.1 Å². The van der Waals surface area contributed by atoms with E-state index in [9.17, 15) is 9.18 Å². The van der Waals surface area contributed by atoms with Gasteiger partial charge in [0.25, 0.3) is 5.91 Å². The minimum absolute atomic E-state index is 0.0278. The topological polar surface area (TPSA) is 68.0 Å². The fraction of sp³-hybridized carbons (Fsp3) is 0.0952. The quantitative estimate of drug-likeness (QED) is 0.440. The number of hydrogen-bond donors (Lipinski definition) is 1. The third kappa shape index (κ3) is 4.06. The molecule has 0 radical (unpaired) electrons. The highest BCUT2D eigenvalue weighted by Gasteiger charge is 2.26. The highest BCUT2D eigenvalue weighted by Crippen LogP contribution is 2.34. The third-order valence-corrected chi connectivity index (χ3v) is 5.51. The molecule has 1 N–H and O–H groups in total. The Morgan fingerprint density at radius 3 is 2.76 bits per heavy atom. The highest BCUT2D eigenvalue weighted by atomic mass is 35.5. The van der Waals surface area contributed by atoms with Crippen molar-refractivity contribution in [2.75, 3.05) is 5.32 Å². The molecular formula is C21H15ClFN3O2S. The molecule has 0 aliphatic carbocycles. The van der Waals surface area contributed by atoms with E-state index >= 15 is 0 Å². The number of benzene rings is 2. The van der Waals surface area contributed by atoms with Gasteiger partial charge in [-0.05, 0) is 24.6 Å². The fourth-order valence-electron chi connectivity index (χ4n) is 2.94. The number of hydrogen-bond acceptors (Lipinski definition) is 5. The Morgan fingerprint density at radius 2 is 2.00 bits per heavy atom. The van der Waals surface area contributed by atoms with E-state index in [0.29, 0.717) is 5.13 Å². The first-order valence-corrected chi connectivity index (χ1v) is 9.93. The lowest BCUT2D eigenvalue weighted by molar-refractivity contribution is 0.102. The van der Waals surface area contributed by atoms with E-state index in [1.54, 1.807) is 13.1 Å². The summed E-state index contributed by atoms with van der Waals surface area (Å²) in [6.07, 6.45) is 2.44. The van der Waals surface area contributed by atoms with Crippen molar-refractivity contribution in [1.29, 1.82) is 0 Å². The smallest absolute Gasteiger partial charge is 0.263 e. The minimum Gasteiger partial charge on any atom is -0.360 e. The molecule has 2 aromatic carbocycles. The number of anilines is 1. The number of aromatic nitrogens is 2. The first kappa shape index (κ1) is 19.3. The lowest BCUT2D eigenvalue weighted by Gasteiger charge is -2.05. The van der Waals surface area contributed by atoms with Crippen LogP contribution in [-0.4, -0.2) is 16.0 Å². The average Bonchev–Trinajstić information content (AvgIpc) is 3.29. The van der Waals surface area contributed by atoms with Crippen LogP contribution in [0.15, 0.2) is 59.3 Å². The Kier molecular flexibility index (Phi) is 5.42. The Labute approximate surface area is 175 Å². The van der Waals surface area contributed by atoms with Crippen LogP contribution in [0.4, 0.5) is 9.52 Å². The predicted molar refractivity (Wildman–Crippen MR) is 111 cm³/mol. The van der Waals surface area contributed by atoms with Crippen molar-refractivity contribution >= 4 is 34.0 Å². The van der Waals surface area contributed by atoms with E-state index in [-0.39, 0.29) is 27.6 Å². The Morgan fingerprint density at radius 1 is 1.21 bits per heavy atom. The molecule has 0 unspecified atom stereocenters. The summed E-state index contributed by atoms with van der Waals surface area (Å²) < 4.78 is 19.5. The van der Waals surface area contributed by atoms with Crippen molar-refractivity contribution < 1.29 is 13.7 Å². The zero-order valence-corrected chi connectivity index (χ0v) is 16.9. The van der Waals surface area contributed by atoms with Crippen LogP contribution >= 0.6 is 22.9 Å². The maximum atomic E-state index is 14.3. The summed E-state index contributed by atoms with van der Waals surface area (Å²) in [7, 11) is 0. The molecule has 0 bridgehead atoms. The summed E-state index contributed by atoms with van der Waals surface area (Å²) in [6, 6.07) is 14.2. The normalized spacial score (nSPS) is 10.9. The van der Waals surface area contributed by atoms with Gasteiger partial charge in [-0.15, -0.1) is 11.3 Å². The Bertz CT molecular complexity index is 1150. The van der Waals surface area contributed by atoms with Crippen LogP contribution in [0.2, 0.25) is 5.02 Å². The molecule has 2 heterocycles. The number of nitrogens with zero attached hydrogens (tertiary/aromatic N) is 2. The van der Waals surface area contributed by atoms with E-state index in [0.717, 1.165) is 16.9 Å². The molecule has 0 spiro atoms. The Hall–Kier alpha value is -3.03. The van der Waals surface area contributed by atoms with Crippen molar-refractivity contribution in [3.63, 3.8) is 0 Å². The van der Waals surface area contributed by atoms with Crippen LogP contribution in [0.25, 0.3) is 11.3 Å². The largest absolute Gasteiger partial charge is 0.360 e. The lowest BCUT2D eigenvalue weighted by Crippen LogP contribution is -2.13. The number of carbonyl (C=O) groups is 1. The second-order valence-electron chi connectivity index (χ2n) is 6.31. The first-order valence-electron chi connectivity index (χ1n) is 8.73. The summed E-state index contributed by atoms with van der Waals surface area (Å²) in [6.45, 7) is 1.59. The molecule has 0 atom stereocenters. The van der Waals surface area contributed by atoms with Gasteiger partial charge < -0.3 is 4.52 Å². The van der Waals surface area contributed by atoms with Crippen LogP contribution in [0.1, 0.15) is 26.6 Å². The fourth-order valence-corrected chi connectivity index (χ4v) is 4.03.